The summed E-state index contributed by atoms with van der Waals surface area (Å²) >= 11 is 6.08. The maximum Gasteiger partial charge on any atom is 0.431 e. The van der Waals surface area contributed by atoms with Crippen molar-refractivity contribution < 1.29 is 17.9 Å². The molecule has 0 saturated heterocycles. The molecule has 0 aliphatic carbocycles. The van der Waals surface area contributed by atoms with Crippen molar-refractivity contribution in [3.8, 4) is 28.5 Å². The number of pyridine rings is 1. The molecule has 0 spiro atoms. The van der Waals surface area contributed by atoms with E-state index in [0.29, 0.717) is 26.1 Å². The Labute approximate surface area is 249 Å². The molecule has 1 aromatic heterocycles. The van der Waals surface area contributed by atoms with Crippen molar-refractivity contribution in [2.24, 2.45) is 0 Å². The van der Waals surface area contributed by atoms with E-state index >= 15 is 0 Å². The van der Waals surface area contributed by atoms with Crippen molar-refractivity contribution in [3.05, 3.63) is 107 Å². The quantitative estimate of drug-likeness (QED) is 0.188. The Kier molecular flexibility index (Phi) is 8.95. The second kappa shape index (κ2) is 12.4. The molecule has 4 aromatic rings. The molecular weight excluding hydrogens is 574 g/mol. The van der Waals surface area contributed by atoms with Crippen LogP contribution >= 0.6 is 11.6 Å². The zero-order valence-corrected chi connectivity index (χ0v) is 24.7. The number of aromatic nitrogens is 1. The normalized spacial score (nSPS) is 11.3. The monoisotopic (exact) mass is 601 g/mol. The molecule has 2 N–H and O–H groups in total. The van der Waals surface area contributed by atoms with Gasteiger partial charge in [-0.1, -0.05) is 54.1 Å². The van der Waals surface area contributed by atoms with Crippen LogP contribution in [0.4, 0.5) is 4.79 Å². The number of hydrogen-bond acceptors (Lipinski definition) is 7. The van der Waals surface area contributed by atoms with Gasteiger partial charge in [0, 0.05) is 28.9 Å². The van der Waals surface area contributed by atoms with Gasteiger partial charge in [-0.3, -0.25) is 10.4 Å². The standard InChI is InChI=1S/C31H28ClN5O4S/c1-31(2,3)41-30(38)37(42(39,40)26-7-5-4-6-8-26)29(34)36-20-22-17-27(23-11-9-21(18-33)10-12-23)28(35-19-22)24-13-15-25(32)16-14-24/h4-17,19H,20H2,1-3H3,(H2,34,36). The van der Waals surface area contributed by atoms with Gasteiger partial charge >= 0.3 is 6.09 Å². The molecular formula is C31H28ClN5O4S. The summed E-state index contributed by atoms with van der Waals surface area (Å²) in [7, 11) is -4.46. The third-order valence-corrected chi connectivity index (χ3v) is 7.82. The number of sulfonamides is 1. The molecule has 214 valence electrons. The highest BCUT2D eigenvalue weighted by molar-refractivity contribution is 7.90. The molecule has 0 radical (unpaired) electrons. The second-order valence-electron chi connectivity index (χ2n) is 10.2. The molecule has 0 saturated carbocycles. The van der Waals surface area contributed by atoms with Gasteiger partial charge in [0.1, 0.15) is 5.60 Å². The summed E-state index contributed by atoms with van der Waals surface area (Å²) in [6.07, 6.45) is 0.388. The van der Waals surface area contributed by atoms with Crippen LogP contribution in [0.2, 0.25) is 5.02 Å². The van der Waals surface area contributed by atoms with Gasteiger partial charge in [-0.2, -0.15) is 5.26 Å². The van der Waals surface area contributed by atoms with E-state index in [0.717, 1.165) is 16.7 Å². The number of nitrogens with one attached hydrogen (secondary N) is 2. The van der Waals surface area contributed by atoms with Crippen molar-refractivity contribution in [1.82, 2.24) is 14.6 Å². The van der Waals surface area contributed by atoms with Crippen LogP contribution in [0.5, 0.6) is 0 Å². The highest BCUT2D eigenvalue weighted by Gasteiger charge is 2.36. The van der Waals surface area contributed by atoms with Crippen LogP contribution in [0, 0.1) is 16.7 Å². The predicted molar refractivity (Wildman–Crippen MR) is 161 cm³/mol. The first-order valence-electron chi connectivity index (χ1n) is 12.8. The van der Waals surface area contributed by atoms with Crippen LogP contribution < -0.4 is 5.32 Å². The van der Waals surface area contributed by atoms with E-state index in [1.165, 1.54) is 24.3 Å². The number of hydrogen-bond donors (Lipinski definition) is 2. The fraction of sp³-hybridized carbons (Fsp3) is 0.161. The van der Waals surface area contributed by atoms with Crippen LogP contribution in [0.15, 0.2) is 96.0 Å². The molecule has 0 fully saturated rings. The minimum Gasteiger partial charge on any atom is -0.443 e. The third-order valence-electron chi connectivity index (χ3n) is 5.89. The molecule has 11 heteroatoms. The van der Waals surface area contributed by atoms with Gasteiger partial charge in [-0.15, -0.1) is 4.31 Å². The van der Waals surface area contributed by atoms with Crippen molar-refractivity contribution in [2.45, 2.75) is 37.8 Å². The lowest BCUT2D eigenvalue weighted by Crippen LogP contribution is -2.49. The minimum absolute atomic E-state index is 0.0282. The fourth-order valence-corrected chi connectivity index (χ4v) is 5.33. The first-order chi connectivity index (χ1) is 19.9. The zero-order valence-electron chi connectivity index (χ0n) is 23.1. The Morgan fingerprint density at radius 3 is 2.24 bits per heavy atom. The van der Waals surface area contributed by atoms with Gasteiger partial charge in [0.05, 0.1) is 22.2 Å². The highest BCUT2D eigenvalue weighted by Crippen LogP contribution is 2.32. The molecule has 0 unspecified atom stereocenters. The molecule has 3 aromatic carbocycles. The lowest BCUT2D eigenvalue weighted by atomic mass is 9.97. The summed E-state index contributed by atoms with van der Waals surface area (Å²) in [4.78, 5) is 17.5. The minimum atomic E-state index is -4.46. The largest absolute Gasteiger partial charge is 0.443 e. The molecule has 0 aliphatic rings. The number of rotatable bonds is 6. The average Bonchev–Trinajstić information content (AvgIpc) is 2.96. The number of nitriles is 1. The molecule has 9 nitrogen and oxygen atoms in total. The Balaban J connectivity index is 1.67. The molecule has 0 aliphatic heterocycles. The van der Waals surface area contributed by atoms with Gasteiger partial charge < -0.3 is 10.1 Å². The van der Waals surface area contributed by atoms with Crippen LogP contribution in [0.25, 0.3) is 22.4 Å². The highest BCUT2D eigenvalue weighted by atomic mass is 35.5. The molecule has 0 atom stereocenters. The third kappa shape index (κ3) is 7.13. The van der Waals surface area contributed by atoms with E-state index in [2.05, 4.69) is 16.4 Å². The van der Waals surface area contributed by atoms with Gasteiger partial charge in [-0.05, 0) is 74.4 Å². The lowest BCUT2D eigenvalue weighted by molar-refractivity contribution is 0.0460. The van der Waals surface area contributed by atoms with Crippen LogP contribution in [0.3, 0.4) is 0 Å². The summed E-state index contributed by atoms with van der Waals surface area (Å²) in [6.45, 7) is 4.79. The molecule has 1 heterocycles. The van der Waals surface area contributed by atoms with Gasteiger partial charge in [0.25, 0.3) is 10.0 Å². The summed E-state index contributed by atoms with van der Waals surface area (Å²) in [5, 5.41) is 21.1. The summed E-state index contributed by atoms with van der Waals surface area (Å²) in [6, 6.07) is 25.6. The lowest BCUT2D eigenvalue weighted by Gasteiger charge is -2.27. The van der Waals surface area contributed by atoms with E-state index in [9.17, 15) is 18.5 Å². The summed E-state index contributed by atoms with van der Waals surface area (Å²) in [5.41, 5.74) is 3.14. The molecule has 42 heavy (non-hydrogen) atoms. The fourth-order valence-electron chi connectivity index (χ4n) is 3.96. The Morgan fingerprint density at radius 2 is 1.64 bits per heavy atom. The number of carbonyl (C=O) groups is 1. The van der Waals surface area contributed by atoms with Crippen LogP contribution in [-0.2, 0) is 21.3 Å². The first kappa shape index (κ1) is 30.2. The van der Waals surface area contributed by atoms with Crippen molar-refractivity contribution in [2.75, 3.05) is 0 Å². The Hall–Kier alpha value is -4.72. The van der Waals surface area contributed by atoms with Gasteiger partial charge in [-0.25, -0.2) is 13.2 Å². The van der Waals surface area contributed by atoms with Crippen LogP contribution in [0.1, 0.15) is 31.9 Å². The second-order valence-corrected chi connectivity index (χ2v) is 12.4. The average molecular weight is 602 g/mol. The number of amides is 1. The Bertz CT molecular complexity index is 1750. The summed E-state index contributed by atoms with van der Waals surface area (Å²) in [5.74, 6) is -0.685. The SMILES string of the molecule is CC(C)(C)OC(=O)N(C(=N)NCc1cnc(-c2ccc(Cl)cc2)c(-c2ccc(C#N)cc2)c1)S(=O)(=O)c1ccccc1. The maximum atomic E-state index is 13.4. The van der Waals surface area contributed by atoms with Gasteiger partial charge in [0.2, 0.25) is 5.96 Å². The van der Waals surface area contributed by atoms with Crippen LogP contribution in [-0.4, -0.2) is 35.4 Å². The summed E-state index contributed by atoms with van der Waals surface area (Å²) < 4.78 is 32.5. The number of carbonyl (C=O) groups excluding carboxylic acids is 1. The first-order valence-corrected chi connectivity index (χ1v) is 14.6. The maximum absolute atomic E-state index is 13.4. The van der Waals surface area contributed by atoms with E-state index in [4.69, 9.17) is 21.7 Å². The molecule has 1 amide bonds. The molecule has 4 rings (SSSR count). The molecule has 0 bridgehead atoms. The van der Waals surface area contributed by atoms with Crippen molar-refractivity contribution in [1.29, 1.82) is 10.7 Å². The predicted octanol–water partition coefficient (Wildman–Crippen LogP) is 6.59. The Morgan fingerprint density at radius 1 is 1.02 bits per heavy atom. The zero-order chi connectivity index (χ0) is 30.5. The number of halogens is 1. The van der Waals surface area contributed by atoms with Crippen molar-refractivity contribution in [3.63, 3.8) is 0 Å². The number of nitrogens with zero attached hydrogens (tertiary/aromatic N) is 3. The smallest absolute Gasteiger partial charge is 0.431 e. The van der Waals surface area contributed by atoms with E-state index in [1.807, 2.05) is 30.3 Å². The number of guanidine groups is 1. The number of ether oxygens (including phenoxy) is 1. The van der Waals surface area contributed by atoms with E-state index in [1.54, 1.807) is 57.3 Å². The van der Waals surface area contributed by atoms with Gasteiger partial charge in [0.15, 0.2) is 0 Å². The van der Waals surface area contributed by atoms with Crippen molar-refractivity contribution >= 4 is 33.7 Å². The van der Waals surface area contributed by atoms with E-state index < -0.39 is 27.7 Å². The van der Waals surface area contributed by atoms with E-state index in [-0.39, 0.29) is 11.4 Å². The topological polar surface area (TPSA) is 136 Å². The number of benzene rings is 3.